The maximum absolute atomic E-state index is 12.2. The zero-order valence-corrected chi connectivity index (χ0v) is 13.0. The predicted molar refractivity (Wildman–Crippen MR) is 82.9 cm³/mol. The van der Waals surface area contributed by atoms with Crippen molar-refractivity contribution in [1.29, 1.82) is 0 Å². The Balaban J connectivity index is 2.12. The van der Waals surface area contributed by atoms with Crippen LogP contribution in [0.3, 0.4) is 0 Å². The molecule has 1 N–H and O–H groups in total. The molecule has 2 rings (SSSR count). The molecular weight excluding hydrogens is 306 g/mol. The molecule has 0 saturated heterocycles. The third kappa shape index (κ3) is 3.64. The van der Waals surface area contributed by atoms with Gasteiger partial charge in [-0.3, -0.25) is 19.5 Å². The van der Waals surface area contributed by atoms with Gasteiger partial charge >= 0.3 is 6.09 Å². The highest BCUT2D eigenvalue weighted by Gasteiger charge is 2.12. The number of thioether (sulfide) groups is 1. The molecule has 0 aliphatic carbocycles. The van der Waals surface area contributed by atoms with Crippen molar-refractivity contribution in [2.75, 3.05) is 12.4 Å². The fourth-order valence-corrected chi connectivity index (χ4v) is 2.55. The van der Waals surface area contributed by atoms with Crippen LogP contribution in [0.1, 0.15) is 6.92 Å². The zero-order valence-electron chi connectivity index (χ0n) is 12.2. The first-order valence-electron chi connectivity index (χ1n) is 6.58. The first-order chi connectivity index (χ1) is 10.5. The van der Waals surface area contributed by atoms with Crippen LogP contribution in [0, 0.1) is 0 Å². The van der Waals surface area contributed by atoms with Gasteiger partial charge in [-0.25, -0.2) is 9.78 Å². The molecule has 2 amide bonds. The normalized spacial score (nSPS) is 10.5. The number of nitrogens with zero attached hydrogens (tertiary/aromatic N) is 2. The highest BCUT2D eigenvalue weighted by Crippen LogP contribution is 2.16. The molecule has 0 radical (unpaired) electrons. The quantitative estimate of drug-likeness (QED) is 0.674. The van der Waals surface area contributed by atoms with E-state index < -0.39 is 12.0 Å². The minimum Gasteiger partial charge on any atom is -0.450 e. The van der Waals surface area contributed by atoms with Crippen LogP contribution in [-0.2, 0) is 16.6 Å². The van der Waals surface area contributed by atoms with Crippen molar-refractivity contribution in [3.63, 3.8) is 0 Å². The third-order valence-electron chi connectivity index (χ3n) is 2.79. The molecule has 1 aromatic heterocycles. The van der Waals surface area contributed by atoms with Gasteiger partial charge in [-0.2, -0.15) is 0 Å². The van der Waals surface area contributed by atoms with Crippen molar-refractivity contribution in [2.45, 2.75) is 12.1 Å². The van der Waals surface area contributed by atoms with Gasteiger partial charge in [-0.05, 0) is 19.1 Å². The average molecular weight is 321 g/mol. The average Bonchev–Trinajstić information content (AvgIpc) is 2.49. The molecular formula is C14H15N3O4S. The molecule has 1 heterocycles. The van der Waals surface area contributed by atoms with Crippen LogP contribution in [0.4, 0.5) is 4.79 Å². The number of rotatable bonds is 4. The molecule has 0 aliphatic heterocycles. The summed E-state index contributed by atoms with van der Waals surface area (Å²) in [6.07, 6.45) is -0.784. The van der Waals surface area contributed by atoms with Gasteiger partial charge < -0.3 is 4.74 Å². The topological polar surface area (TPSA) is 90.3 Å². The Morgan fingerprint density at radius 1 is 1.36 bits per heavy atom. The summed E-state index contributed by atoms with van der Waals surface area (Å²) in [6, 6.07) is 6.99. The van der Waals surface area contributed by atoms with E-state index in [1.807, 2.05) is 0 Å². The number of fused-ring (bicyclic) bond motifs is 1. The van der Waals surface area contributed by atoms with Crippen molar-refractivity contribution < 1.29 is 14.3 Å². The number of hydrogen-bond donors (Lipinski definition) is 1. The second-order valence-corrected chi connectivity index (χ2v) is 5.28. The minimum atomic E-state index is -0.784. The van der Waals surface area contributed by atoms with Crippen molar-refractivity contribution >= 4 is 34.7 Å². The lowest BCUT2D eigenvalue weighted by atomic mass is 10.2. The molecule has 1 aromatic carbocycles. The van der Waals surface area contributed by atoms with E-state index in [1.54, 1.807) is 38.2 Å². The van der Waals surface area contributed by atoms with Gasteiger partial charge in [-0.1, -0.05) is 23.9 Å². The van der Waals surface area contributed by atoms with Gasteiger partial charge in [0.2, 0.25) is 5.91 Å². The number of para-hydroxylation sites is 1. The van der Waals surface area contributed by atoms with E-state index in [2.05, 4.69) is 15.0 Å². The summed E-state index contributed by atoms with van der Waals surface area (Å²) in [4.78, 5) is 39.3. The van der Waals surface area contributed by atoms with Crippen LogP contribution in [0.15, 0.2) is 34.2 Å². The number of aromatic nitrogens is 2. The van der Waals surface area contributed by atoms with Gasteiger partial charge in [0.05, 0.1) is 23.3 Å². The van der Waals surface area contributed by atoms with Crippen molar-refractivity contribution in [1.82, 2.24) is 14.9 Å². The molecule has 8 heteroatoms. The summed E-state index contributed by atoms with van der Waals surface area (Å²) in [5, 5.41) is 3.01. The highest BCUT2D eigenvalue weighted by atomic mass is 32.2. The number of ether oxygens (including phenoxy) is 1. The summed E-state index contributed by atoms with van der Waals surface area (Å²) < 4.78 is 5.99. The SMILES string of the molecule is CCOC(=O)NC(=O)CSc1nc2ccccc2c(=O)n1C. The smallest absolute Gasteiger partial charge is 0.413 e. The molecule has 116 valence electrons. The lowest BCUT2D eigenvalue weighted by Gasteiger charge is -2.08. The number of nitrogens with one attached hydrogen (secondary N) is 1. The van der Waals surface area contributed by atoms with Gasteiger partial charge in [0.15, 0.2) is 5.16 Å². The lowest BCUT2D eigenvalue weighted by Crippen LogP contribution is -2.32. The fraction of sp³-hybridized carbons (Fsp3) is 0.286. The predicted octanol–water partition coefficient (Wildman–Crippen LogP) is 1.30. The van der Waals surface area contributed by atoms with Crippen LogP contribution in [0.25, 0.3) is 10.9 Å². The van der Waals surface area contributed by atoms with E-state index in [0.717, 1.165) is 11.8 Å². The van der Waals surface area contributed by atoms with E-state index in [9.17, 15) is 14.4 Å². The van der Waals surface area contributed by atoms with Crippen molar-refractivity contribution in [2.24, 2.45) is 7.05 Å². The number of alkyl carbamates (subject to hydrolysis) is 1. The molecule has 0 unspecified atom stereocenters. The van der Waals surface area contributed by atoms with Crippen LogP contribution < -0.4 is 10.9 Å². The molecule has 0 saturated carbocycles. The Hall–Kier alpha value is -2.35. The second-order valence-electron chi connectivity index (χ2n) is 4.33. The van der Waals surface area contributed by atoms with E-state index in [1.165, 1.54) is 4.57 Å². The van der Waals surface area contributed by atoms with E-state index in [0.29, 0.717) is 16.1 Å². The summed E-state index contributed by atoms with van der Waals surface area (Å²) in [5.41, 5.74) is 0.387. The largest absolute Gasteiger partial charge is 0.450 e. The summed E-state index contributed by atoms with van der Waals surface area (Å²) in [7, 11) is 1.59. The standard InChI is InChI=1S/C14H15N3O4S/c1-3-21-14(20)16-11(18)8-22-13-15-10-7-5-4-6-9(10)12(19)17(13)2/h4-7H,3,8H2,1-2H3,(H,16,18,20). The van der Waals surface area contributed by atoms with Crippen LogP contribution in [-0.4, -0.2) is 33.9 Å². The summed E-state index contributed by atoms with van der Waals surface area (Å²) in [5.74, 6) is -0.553. The maximum atomic E-state index is 12.2. The van der Waals surface area contributed by atoms with Crippen LogP contribution in [0.2, 0.25) is 0 Å². The second kappa shape index (κ2) is 7.08. The van der Waals surface area contributed by atoms with Gasteiger partial charge in [0.25, 0.3) is 5.56 Å². The molecule has 2 aromatic rings. The summed E-state index contributed by atoms with van der Waals surface area (Å²) in [6.45, 7) is 1.83. The van der Waals surface area contributed by atoms with E-state index in [4.69, 9.17) is 0 Å². The fourth-order valence-electron chi connectivity index (χ4n) is 1.77. The molecule has 0 fully saturated rings. The van der Waals surface area contributed by atoms with Gasteiger partial charge in [0.1, 0.15) is 0 Å². The lowest BCUT2D eigenvalue weighted by molar-refractivity contribution is -0.117. The molecule has 0 spiro atoms. The maximum Gasteiger partial charge on any atom is 0.413 e. The zero-order chi connectivity index (χ0) is 16.1. The third-order valence-corrected chi connectivity index (χ3v) is 3.82. The molecule has 22 heavy (non-hydrogen) atoms. The Morgan fingerprint density at radius 3 is 2.82 bits per heavy atom. The number of hydrogen-bond acceptors (Lipinski definition) is 6. The number of benzene rings is 1. The Morgan fingerprint density at radius 2 is 2.09 bits per heavy atom. The highest BCUT2D eigenvalue weighted by molar-refractivity contribution is 7.99. The molecule has 0 bridgehead atoms. The first kappa shape index (κ1) is 16.0. The van der Waals surface area contributed by atoms with Gasteiger partial charge in [-0.15, -0.1) is 0 Å². The van der Waals surface area contributed by atoms with Gasteiger partial charge in [0, 0.05) is 7.05 Å². The van der Waals surface area contributed by atoms with Crippen LogP contribution in [0.5, 0.6) is 0 Å². The van der Waals surface area contributed by atoms with Crippen LogP contribution >= 0.6 is 11.8 Å². The molecule has 0 aliphatic rings. The number of carbonyl (C=O) groups excluding carboxylic acids is 2. The Kier molecular flexibility index (Phi) is 5.16. The number of amides is 2. The van der Waals surface area contributed by atoms with Crippen molar-refractivity contribution in [3.8, 4) is 0 Å². The molecule has 0 atom stereocenters. The minimum absolute atomic E-state index is 0.0442. The van der Waals surface area contributed by atoms with Crippen molar-refractivity contribution in [3.05, 3.63) is 34.6 Å². The Labute approximate surface area is 130 Å². The van der Waals surface area contributed by atoms with E-state index in [-0.39, 0.29) is 17.9 Å². The number of carbonyl (C=O) groups is 2. The molecule has 7 nitrogen and oxygen atoms in total. The van der Waals surface area contributed by atoms with E-state index >= 15 is 0 Å². The first-order valence-corrected chi connectivity index (χ1v) is 7.56. The summed E-state index contributed by atoms with van der Waals surface area (Å²) >= 11 is 1.08. The number of imide groups is 1. The Bertz CT molecular complexity index is 772. The monoisotopic (exact) mass is 321 g/mol.